The average Bonchev–Trinajstić information content (AvgIpc) is 3.08. The highest BCUT2D eigenvalue weighted by molar-refractivity contribution is 7.98. The number of allylic oxidation sites excluding steroid dienone is 8. The lowest BCUT2D eigenvalue weighted by atomic mass is 9.98. The van der Waals surface area contributed by atoms with E-state index in [1.165, 1.54) is 27.8 Å². The Morgan fingerprint density at radius 1 is 1.18 bits per heavy atom. The van der Waals surface area contributed by atoms with Gasteiger partial charge in [-0.15, -0.1) is 0 Å². The van der Waals surface area contributed by atoms with Crippen LogP contribution in [0.3, 0.4) is 0 Å². The lowest BCUT2D eigenvalue weighted by molar-refractivity contribution is 0.710. The van der Waals surface area contributed by atoms with E-state index in [0.717, 1.165) is 48.9 Å². The molecule has 0 spiro atoms. The van der Waals surface area contributed by atoms with Crippen LogP contribution in [-0.4, -0.2) is 18.8 Å². The minimum absolute atomic E-state index is 0.914. The number of hydrogen-bond donors (Lipinski definition) is 1. The van der Waals surface area contributed by atoms with Crippen LogP contribution in [0.25, 0.3) is 0 Å². The standard InChI is InChI=1S/C23H26ClNS.C2H6/c1-18-7-3-2-4-8-19(18)9-5-6-16-26-17-22-21-13-15-25-14-12-20(21)10-11-23(22)24;1-2/h2-6,8-11,25H,1,7,12-17H2;1-2H3/b6-5-,19-9-;. The quantitative estimate of drug-likeness (QED) is 0.530. The van der Waals surface area contributed by atoms with Gasteiger partial charge in [-0.1, -0.05) is 80.6 Å². The third-order valence-electron chi connectivity index (χ3n) is 4.76. The predicted molar refractivity (Wildman–Crippen MR) is 128 cm³/mol. The van der Waals surface area contributed by atoms with Crippen molar-refractivity contribution in [1.82, 2.24) is 5.32 Å². The molecule has 0 aromatic heterocycles. The Morgan fingerprint density at radius 2 is 2.00 bits per heavy atom. The first-order valence-corrected chi connectivity index (χ1v) is 11.7. The molecule has 1 aliphatic carbocycles. The number of rotatable bonds is 5. The summed E-state index contributed by atoms with van der Waals surface area (Å²) in [5.74, 6) is 1.95. The molecule has 1 N–H and O–H groups in total. The first kappa shape index (κ1) is 22.8. The zero-order valence-corrected chi connectivity index (χ0v) is 18.7. The van der Waals surface area contributed by atoms with E-state index in [2.05, 4.69) is 66.6 Å². The number of fused-ring (bicyclic) bond motifs is 1. The summed E-state index contributed by atoms with van der Waals surface area (Å²) in [6, 6.07) is 4.27. The van der Waals surface area contributed by atoms with Crippen molar-refractivity contribution in [3.05, 3.63) is 94.1 Å². The van der Waals surface area contributed by atoms with E-state index in [4.69, 9.17) is 11.6 Å². The molecule has 0 radical (unpaired) electrons. The molecule has 1 aliphatic heterocycles. The molecule has 3 rings (SSSR count). The molecule has 2 aliphatic rings. The molecule has 0 bridgehead atoms. The fourth-order valence-electron chi connectivity index (χ4n) is 3.29. The van der Waals surface area contributed by atoms with Crippen LogP contribution in [0.4, 0.5) is 0 Å². The second kappa shape index (κ2) is 12.9. The lowest BCUT2D eigenvalue weighted by Gasteiger charge is -2.13. The van der Waals surface area contributed by atoms with E-state index in [0.29, 0.717) is 0 Å². The van der Waals surface area contributed by atoms with Gasteiger partial charge in [-0.25, -0.2) is 0 Å². The molecule has 0 saturated carbocycles. The summed E-state index contributed by atoms with van der Waals surface area (Å²) in [5, 5.41) is 4.39. The molecule has 1 heterocycles. The van der Waals surface area contributed by atoms with E-state index in [1.54, 1.807) is 0 Å². The van der Waals surface area contributed by atoms with E-state index < -0.39 is 0 Å². The van der Waals surface area contributed by atoms with Crippen molar-refractivity contribution in [1.29, 1.82) is 0 Å². The van der Waals surface area contributed by atoms with Crippen LogP contribution >= 0.6 is 23.4 Å². The Hall–Kier alpha value is -1.48. The van der Waals surface area contributed by atoms with E-state index in [-0.39, 0.29) is 0 Å². The number of halogens is 1. The third-order valence-corrected chi connectivity index (χ3v) is 6.04. The monoisotopic (exact) mass is 413 g/mol. The van der Waals surface area contributed by atoms with Gasteiger partial charge < -0.3 is 5.32 Å². The fourth-order valence-corrected chi connectivity index (χ4v) is 4.51. The second-order valence-electron chi connectivity index (χ2n) is 6.57. The minimum Gasteiger partial charge on any atom is -0.316 e. The van der Waals surface area contributed by atoms with E-state index >= 15 is 0 Å². The topological polar surface area (TPSA) is 12.0 Å². The van der Waals surface area contributed by atoms with E-state index in [9.17, 15) is 0 Å². The summed E-state index contributed by atoms with van der Waals surface area (Å²) in [7, 11) is 0. The SMILES string of the molecule is C=C1CC=CC=C/C1=C/C=C\CSCc1c(Cl)ccc2c1CCNCC2.CC. The Bertz CT molecular complexity index is 771. The molecular formula is C25H32ClNS. The molecule has 0 atom stereocenters. The molecule has 1 nitrogen and oxygen atoms in total. The largest absolute Gasteiger partial charge is 0.316 e. The van der Waals surface area contributed by atoms with Crippen molar-refractivity contribution in [2.45, 2.75) is 38.9 Å². The van der Waals surface area contributed by atoms with Crippen LogP contribution in [-0.2, 0) is 18.6 Å². The highest BCUT2D eigenvalue weighted by Gasteiger charge is 2.14. The average molecular weight is 414 g/mol. The summed E-state index contributed by atoms with van der Waals surface area (Å²) >= 11 is 8.42. The van der Waals surface area contributed by atoms with E-state index in [1.807, 2.05) is 25.6 Å². The van der Waals surface area contributed by atoms with Gasteiger partial charge in [0, 0.05) is 16.5 Å². The molecule has 150 valence electrons. The van der Waals surface area contributed by atoms with Crippen LogP contribution in [0.1, 0.15) is 37.0 Å². The number of benzene rings is 1. The fraction of sp³-hybridized carbons (Fsp3) is 0.360. The van der Waals surface area contributed by atoms with Crippen LogP contribution in [0.5, 0.6) is 0 Å². The second-order valence-corrected chi connectivity index (χ2v) is 8.01. The van der Waals surface area contributed by atoms with Gasteiger partial charge in [0.05, 0.1) is 0 Å². The van der Waals surface area contributed by atoms with Crippen LogP contribution in [0.2, 0.25) is 5.02 Å². The summed E-state index contributed by atoms with van der Waals surface area (Å²) in [4.78, 5) is 0. The minimum atomic E-state index is 0.914. The summed E-state index contributed by atoms with van der Waals surface area (Å²) < 4.78 is 0. The number of nitrogens with one attached hydrogen (secondary N) is 1. The Morgan fingerprint density at radius 3 is 2.86 bits per heavy atom. The highest BCUT2D eigenvalue weighted by Crippen LogP contribution is 2.29. The van der Waals surface area contributed by atoms with Crippen molar-refractivity contribution in [3.63, 3.8) is 0 Å². The predicted octanol–water partition coefficient (Wildman–Crippen LogP) is 6.84. The summed E-state index contributed by atoms with van der Waals surface area (Å²) in [6.45, 7) is 10.2. The zero-order chi connectivity index (χ0) is 20.2. The molecule has 0 fully saturated rings. The molecule has 0 saturated heterocycles. The Balaban J connectivity index is 0.00000136. The Kier molecular flexibility index (Phi) is 10.5. The van der Waals surface area contributed by atoms with Gasteiger partial charge in [0.15, 0.2) is 0 Å². The Labute approximate surface area is 180 Å². The van der Waals surface area contributed by atoms with Crippen molar-refractivity contribution in [2.75, 3.05) is 18.8 Å². The molecule has 0 unspecified atom stereocenters. The van der Waals surface area contributed by atoms with Crippen LogP contribution in [0, 0.1) is 0 Å². The number of hydrogen-bond acceptors (Lipinski definition) is 2. The molecule has 1 aromatic carbocycles. The van der Waals surface area contributed by atoms with Crippen molar-refractivity contribution in [2.24, 2.45) is 0 Å². The maximum atomic E-state index is 6.50. The van der Waals surface area contributed by atoms with Crippen LogP contribution < -0.4 is 5.32 Å². The van der Waals surface area contributed by atoms with Gasteiger partial charge in [0.2, 0.25) is 0 Å². The van der Waals surface area contributed by atoms with Crippen LogP contribution in [0.15, 0.2) is 72.4 Å². The molecule has 1 aromatic rings. The molecule has 28 heavy (non-hydrogen) atoms. The highest BCUT2D eigenvalue weighted by atomic mass is 35.5. The lowest BCUT2D eigenvalue weighted by Crippen LogP contribution is -2.16. The first-order valence-electron chi connectivity index (χ1n) is 10.2. The van der Waals surface area contributed by atoms with Gasteiger partial charge in [0.1, 0.15) is 0 Å². The normalized spacial score (nSPS) is 17.8. The van der Waals surface area contributed by atoms with Crippen molar-refractivity contribution < 1.29 is 0 Å². The van der Waals surface area contributed by atoms with Gasteiger partial charge in [-0.05, 0) is 66.3 Å². The van der Waals surface area contributed by atoms with Gasteiger partial charge >= 0.3 is 0 Å². The number of thioether (sulfide) groups is 1. The van der Waals surface area contributed by atoms with Gasteiger partial charge in [-0.3, -0.25) is 0 Å². The summed E-state index contributed by atoms with van der Waals surface area (Å²) in [5.41, 5.74) is 6.63. The molecule has 3 heteroatoms. The van der Waals surface area contributed by atoms with Crippen molar-refractivity contribution >= 4 is 23.4 Å². The first-order chi connectivity index (χ1) is 13.8. The smallest absolute Gasteiger partial charge is 0.0449 e. The third kappa shape index (κ3) is 6.84. The summed E-state index contributed by atoms with van der Waals surface area (Å²) in [6.07, 6.45) is 18.0. The maximum absolute atomic E-state index is 6.50. The molecular weight excluding hydrogens is 382 g/mol. The zero-order valence-electron chi connectivity index (χ0n) is 17.1. The van der Waals surface area contributed by atoms with Gasteiger partial charge in [-0.2, -0.15) is 11.8 Å². The van der Waals surface area contributed by atoms with Crippen molar-refractivity contribution in [3.8, 4) is 0 Å². The maximum Gasteiger partial charge on any atom is 0.0449 e. The molecule has 0 amide bonds. The van der Waals surface area contributed by atoms with Gasteiger partial charge in [0.25, 0.3) is 0 Å².